The van der Waals surface area contributed by atoms with Gasteiger partial charge in [0.05, 0.1) is 36.7 Å². The maximum atomic E-state index is 13.9. The third-order valence-electron chi connectivity index (χ3n) is 7.72. The SMILES string of the molecule is CC(C)(C)OC(=O)N1CC=C(c2ccc(-c3ccc4c(c3)N(C(=O)OC(C)(C)C)c3nccc(N5CCOCC5)c3CO4)cn2)C1. The van der Waals surface area contributed by atoms with Gasteiger partial charge in [0.25, 0.3) is 0 Å². The van der Waals surface area contributed by atoms with E-state index in [1.807, 2.05) is 84.0 Å². The molecule has 0 aliphatic carbocycles. The number of carbonyl (C=O) groups is 2. The quantitative estimate of drug-likeness (QED) is 0.318. The van der Waals surface area contributed by atoms with Crippen LogP contribution in [0.4, 0.5) is 26.8 Å². The van der Waals surface area contributed by atoms with E-state index in [1.165, 1.54) is 4.90 Å². The van der Waals surface area contributed by atoms with E-state index in [9.17, 15) is 9.59 Å². The second kappa shape index (κ2) is 12.3. The van der Waals surface area contributed by atoms with Crippen molar-refractivity contribution in [3.63, 3.8) is 0 Å². The standard InChI is InChI=1S/C35H41N5O6/c1-34(2,3)45-32(41)39-14-12-25(21-39)27-9-7-24(20-37-27)23-8-10-30-29(19-23)40(33(42)46-35(4,5)6)31-26(22-44-30)28(11-13-36-31)38-15-17-43-18-16-38/h7-13,19-20H,14-18,21-22H2,1-6H3. The summed E-state index contributed by atoms with van der Waals surface area (Å²) in [5.41, 5.74) is 4.48. The zero-order chi connectivity index (χ0) is 32.6. The van der Waals surface area contributed by atoms with Gasteiger partial charge in [-0.3, -0.25) is 4.98 Å². The van der Waals surface area contributed by atoms with Crippen molar-refractivity contribution in [2.24, 2.45) is 0 Å². The summed E-state index contributed by atoms with van der Waals surface area (Å²) in [4.78, 5) is 41.3. The van der Waals surface area contributed by atoms with Gasteiger partial charge in [0.15, 0.2) is 5.82 Å². The maximum absolute atomic E-state index is 13.9. The topological polar surface area (TPSA) is 107 Å². The largest absolute Gasteiger partial charge is 0.486 e. The van der Waals surface area contributed by atoms with Crippen LogP contribution in [0.5, 0.6) is 5.75 Å². The number of rotatable bonds is 3. The number of nitrogens with zero attached hydrogens (tertiary/aromatic N) is 5. The molecule has 0 bridgehead atoms. The van der Waals surface area contributed by atoms with Gasteiger partial charge in [0.1, 0.15) is 23.6 Å². The van der Waals surface area contributed by atoms with Gasteiger partial charge >= 0.3 is 12.2 Å². The van der Waals surface area contributed by atoms with Crippen LogP contribution in [-0.2, 0) is 20.8 Å². The molecule has 0 N–H and O–H groups in total. The Kier molecular flexibility index (Phi) is 8.37. The third-order valence-corrected chi connectivity index (χ3v) is 7.72. The van der Waals surface area contributed by atoms with Gasteiger partial charge in [0.2, 0.25) is 0 Å². The van der Waals surface area contributed by atoms with Crippen molar-refractivity contribution in [1.29, 1.82) is 0 Å². The Labute approximate surface area is 269 Å². The summed E-state index contributed by atoms with van der Waals surface area (Å²) in [6, 6.07) is 11.6. The Bertz CT molecular complexity index is 1650. The van der Waals surface area contributed by atoms with Gasteiger partial charge in [-0.1, -0.05) is 18.2 Å². The number of carbonyl (C=O) groups excluding carboxylic acids is 2. The van der Waals surface area contributed by atoms with E-state index in [0.29, 0.717) is 43.6 Å². The van der Waals surface area contributed by atoms with E-state index < -0.39 is 17.3 Å². The molecule has 46 heavy (non-hydrogen) atoms. The van der Waals surface area contributed by atoms with Crippen molar-refractivity contribution in [1.82, 2.24) is 14.9 Å². The summed E-state index contributed by atoms with van der Waals surface area (Å²) in [7, 11) is 0. The van der Waals surface area contributed by atoms with Crippen LogP contribution in [0.25, 0.3) is 16.7 Å². The number of aromatic nitrogens is 2. The minimum Gasteiger partial charge on any atom is -0.486 e. The molecule has 242 valence electrons. The molecule has 0 saturated carbocycles. The van der Waals surface area contributed by atoms with Gasteiger partial charge in [-0.15, -0.1) is 0 Å². The lowest BCUT2D eigenvalue weighted by molar-refractivity contribution is 0.0306. The lowest BCUT2D eigenvalue weighted by atomic mass is 10.0. The van der Waals surface area contributed by atoms with Crippen molar-refractivity contribution in [3.05, 3.63) is 66.1 Å². The van der Waals surface area contributed by atoms with Gasteiger partial charge in [-0.2, -0.15) is 0 Å². The average molecular weight is 628 g/mol. The number of anilines is 3. The fourth-order valence-corrected chi connectivity index (χ4v) is 5.61. The molecular weight excluding hydrogens is 586 g/mol. The van der Waals surface area contributed by atoms with Crippen LogP contribution in [0.1, 0.15) is 52.8 Å². The molecule has 0 unspecified atom stereocenters. The summed E-state index contributed by atoms with van der Waals surface area (Å²) >= 11 is 0. The first-order valence-electron chi connectivity index (χ1n) is 15.6. The molecule has 3 aromatic rings. The monoisotopic (exact) mass is 627 g/mol. The molecule has 0 spiro atoms. The molecule has 5 heterocycles. The van der Waals surface area contributed by atoms with Gasteiger partial charge in [-0.05, 0) is 76.9 Å². The Morgan fingerprint density at radius 1 is 0.848 bits per heavy atom. The first-order valence-corrected chi connectivity index (χ1v) is 15.6. The highest BCUT2D eigenvalue weighted by Gasteiger charge is 2.34. The Balaban J connectivity index is 1.31. The number of hydrogen-bond donors (Lipinski definition) is 0. The highest BCUT2D eigenvalue weighted by Crippen LogP contribution is 2.44. The molecule has 6 rings (SSSR count). The van der Waals surface area contributed by atoms with Gasteiger partial charge < -0.3 is 28.7 Å². The summed E-state index contributed by atoms with van der Waals surface area (Å²) < 4.78 is 23.3. The van der Waals surface area contributed by atoms with Gasteiger partial charge in [0, 0.05) is 43.3 Å². The first kappa shape index (κ1) is 31.3. The molecule has 1 aromatic carbocycles. The fraction of sp³-hybridized carbons (Fsp3) is 0.429. The number of ether oxygens (including phenoxy) is 4. The number of fused-ring (bicyclic) bond motifs is 2. The minimum absolute atomic E-state index is 0.243. The second-order valence-corrected chi connectivity index (χ2v) is 13.5. The van der Waals surface area contributed by atoms with Crippen molar-refractivity contribution in [2.45, 2.75) is 59.4 Å². The van der Waals surface area contributed by atoms with Crippen LogP contribution in [0.15, 0.2) is 54.9 Å². The van der Waals surface area contributed by atoms with E-state index in [0.717, 1.165) is 46.7 Å². The summed E-state index contributed by atoms with van der Waals surface area (Å²) in [6.07, 6.45) is 4.64. The Morgan fingerprint density at radius 3 is 2.26 bits per heavy atom. The molecule has 11 nitrogen and oxygen atoms in total. The molecule has 1 fully saturated rings. The third kappa shape index (κ3) is 6.79. The van der Waals surface area contributed by atoms with Crippen molar-refractivity contribution in [2.75, 3.05) is 49.2 Å². The smallest absolute Gasteiger partial charge is 0.420 e. The highest BCUT2D eigenvalue weighted by atomic mass is 16.6. The first-order chi connectivity index (χ1) is 21.9. The molecule has 3 aliphatic heterocycles. The van der Waals surface area contributed by atoms with Crippen molar-refractivity contribution >= 4 is 35.0 Å². The zero-order valence-corrected chi connectivity index (χ0v) is 27.3. The fourth-order valence-electron chi connectivity index (χ4n) is 5.61. The zero-order valence-electron chi connectivity index (χ0n) is 27.3. The number of amides is 2. The number of hydrogen-bond acceptors (Lipinski definition) is 9. The van der Waals surface area contributed by atoms with Crippen LogP contribution in [0, 0.1) is 0 Å². The van der Waals surface area contributed by atoms with Gasteiger partial charge in [-0.25, -0.2) is 19.5 Å². The van der Waals surface area contributed by atoms with E-state index in [-0.39, 0.29) is 12.7 Å². The molecule has 2 amide bonds. The summed E-state index contributed by atoms with van der Waals surface area (Å²) in [5, 5.41) is 0. The van der Waals surface area contributed by atoms with E-state index in [2.05, 4.69) is 4.90 Å². The van der Waals surface area contributed by atoms with Crippen LogP contribution in [0.2, 0.25) is 0 Å². The average Bonchev–Trinajstić information content (AvgIpc) is 3.44. The maximum Gasteiger partial charge on any atom is 0.420 e. The predicted octanol–water partition coefficient (Wildman–Crippen LogP) is 6.58. The van der Waals surface area contributed by atoms with E-state index in [1.54, 1.807) is 17.3 Å². The van der Waals surface area contributed by atoms with Crippen molar-refractivity contribution < 1.29 is 28.5 Å². The number of benzene rings is 1. The summed E-state index contributed by atoms with van der Waals surface area (Å²) in [5.74, 6) is 1.02. The normalized spacial score (nSPS) is 16.6. The lowest BCUT2D eigenvalue weighted by Gasteiger charge is -2.32. The molecule has 3 aliphatic rings. The van der Waals surface area contributed by atoms with E-state index >= 15 is 0 Å². The van der Waals surface area contributed by atoms with Crippen LogP contribution >= 0.6 is 0 Å². The number of morpholine rings is 1. The van der Waals surface area contributed by atoms with E-state index in [4.69, 9.17) is 28.9 Å². The second-order valence-electron chi connectivity index (χ2n) is 13.5. The minimum atomic E-state index is -0.724. The Morgan fingerprint density at radius 2 is 1.57 bits per heavy atom. The van der Waals surface area contributed by atoms with Crippen LogP contribution in [0.3, 0.4) is 0 Å². The predicted molar refractivity (Wildman–Crippen MR) is 175 cm³/mol. The van der Waals surface area contributed by atoms with Crippen LogP contribution in [-0.4, -0.2) is 77.6 Å². The molecule has 11 heteroatoms. The molecule has 1 saturated heterocycles. The lowest BCUT2D eigenvalue weighted by Crippen LogP contribution is -2.38. The highest BCUT2D eigenvalue weighted by molar-refractivity contribution is 5.99. The molecule has 0 radical (unpaired) electrons. The molecule has 2 aromatic heterocycles. The van der Waals surface area contributed by atoms with Crippen LogP contribution < -0.4 is 14.5 Å². The molecule has 0 atom stereocenters. The summed E-state index contributed by atoms with van der Waals surface area (Å²) in [6.45, 7) is 15.0. The number of pyridine rings is 2. The molecular formula is C35H41N5O6. The Hall–Kier alpha value is -4.64. The van der Waals surface area contributed by atoms with Crippen molar-refractivity contribution in [3.8, 4) is 16.9 Å².